The van der Waals surface area contributed by atoms with Gasteiger partial charge in [0.25, 0.3) is 0 Å². The topological polar surface area (TPSA) is 77.8 Å². The first kappa shape index (κ1) is 15.6. The highest BCUT2D eigenvalue weighted by Gasteiger charge is 2.20. The number of fused-ring (bicyclic) bond motifs is 2. The van der Waals surface area contributed by atoms with Crippen LogP contribution in [0.5, 0.6) is 0 Å². The Morgan fingerprint density at radius 2 is 2.15 bits per heavy atom. The highest BCUT2D eigenvalue weighted by Crippen LogP contribution is 2.27. The summed E-state index contributed by atoms with van der Waals surface area (Å²) < 4.78 is 21.8. The van der Waals surface area contributed by atoms with Gasteiger partial charge in [-0.1, -0.05) is 6.07 Å². The number of hydrogen-bond acceptors (Lipinski definition) is 6. The maximum Gasteiger partial charge on any atom is 0.225 e. The van der Waals surface area contributed by atoms with Gasteiger partial charge < -0.3 is 10.1 Å². The number of benzene rings is 1. The van der Waals surface area contributed by atoms with Crippen LogP contribution in [0.3, 0.4) is 0 Å². The van der Waals surface area contributed by atoms with Crippen LogP contribution >= 0.6 is 15.9 Å². The molecule has 1 aliphatic rings. The summed E-state index contributed by atoms with van der Waals surface area (Å²) in [5, 5.41) is 9.10. The van der Waals surface area contributed by atoms with Gasteiger partial charge in [0.1, 0.15) is 10.1 Å². The molecule has 5 rings (SSSR count). The largest absolute Gasteiger partial charge is 0.377 e. The van der Waals surface area contributed by atoms with E-state index in [0.717, 1.165) is 5.39 Å². The third-order valence-corrected chi connectivity index (χ3v) is 4.82. The molecule has 0 aliphatic carbocycles. The molecule has 4 heterocycles. The van der Waals surface area contributed by atoms with E-state index in [1.807, 2.05) is 12.1 Å². The molecule has 0 amide bonds. The second-order valence-electron chi connectivity index (χ2n) is 6.01. The van der Waals surface area contributed by atoms with E-state index in [1.165, 1.54) is 6.07 Å². The summed E-state index contributed by atoms with van der Waals surface area (Å²) in [6.07, 6.45) is 3.26. The van der Waals surface area contributed by atoms with Crippen LogP contribution < -0.4 is 5.32 Å². The van der Waals surface area contributed by atoms with E-state index in [2.05, 4.69) is 41.3 Å². The van der Waals surface area contributed by atoms with Gasteiger partial charge in [0.05, 0.1) is 30.3 Å². The van der Waals surface area contributed by atoms with Crippen molar-refractivity contribution in [3.63, 3.8) is 0 Å². The van der Waals surface area contributed by atoms with Gasteiger partial charge in [0.2, 0.25) is 5.95 Å². The molecular formula is C17H12BrFN6O. The van der Waals surface area contributed by atoms with Crippen molar-refractivity contribution in [1.29, 1.82) is 0 Å². The van der Waals surface area contributed by atoms with Gasteiger partial charge in [0, 0.05) is 23.8 Å². The van der Waals surface area contributed by atoms with Gasteiger partial charge in [-0.2, -0.15) is 10.1 Å². The number of nitrogens with zero attached hydrogens (tertiary/aromatic N) is 5. The predicted octanol–water partition coefficient (Wildman–Crippen LogP) is 3.08. The maximum atomic E-state index is 14.5. The molecule has 3 aromatic heterocycles. The average Bonchev–Trinajstić information content (AvgIpc) is 2.94. The number of halogens is 2. The summed E-state index contributed by atoms with van der Waals surface area (Å²) in [4.78, 5) is 13.0. The fourth-order valence-electron chi connectivity index (χ4n) is 2.88. The second-order valence-corrected chi connectivity index (χ2v) is 6.77. The monoisotopic (exact) mass is 414 g/mol. The van der Waals surface area contributed by atoms with Gasteiger partial charge >= 0.3 is 0 Å². The molecule has 1 saturated heterocycles. The van der Waals surface area contributed by atoms with Crippen molar-refractivity contribution in [2.24, 2.45) is 0 Å². The predicted molar refractivity (Wildman–Crippen MR) is 97.8 cm³/mol. The number of ether oxygens (including phenoxy) is 1. The lowest BCUT2D eigenvalue weighted by molar-refractivity contribution is 0.0208. The van der Waals surface area contributed by atoms with Crippen LogP contribution in [0.4, 0.5) is 10.3 Å². The zero-order valence-electron chi connectivity index (χ0n) is 13.4. The number of rotatable bonds is 3. The third kappa shape index (κ3) is 2.51. The Kier molecular flexibility index (Phi) is 3.57. The van der Waals surface area contributed by atoms with Crippen molar-refractivity contribution in [1.82, 2.24) is 24.7 Å². The lowest BCUT2D eigenvalue weighted by atomic mass is 10.2. The van der Waals surface area contributed by atoms with E-state index in [4.69, 9.17) is 4.74 Å². The van der Waals surface area contributed by atoms with Crippen LogP contribution in [-0.2, 0) is 4.74 Å². The van der Waals surface area contributed by atoms with Gasteiger partial charge in [-0.3, -0.25) is 4.98 Å². The highest BCUT2D eigenvalue weighted by atomic mass is 79.9. The summed E-state index contributed by atoms with van der Waals surface area (Å²) in [6.45, 7) is 1.26. The SMILES string of the molecule is Fc1cc(-n2nc(Br)c3cnc(NC4COC4)nc32)cc2cccnc12. The second kappa shape index (κ2) is 5.96. The van der Waals surface area contributed by atoms with Crippen molar-refractivity contribution >= 4 is 43.8 Å². The molecule has 130 valence electrons. The highest BCUT2D eigenvalue weighted by molar-refractivity contribution is 9.10. The minimum atomic E-state index is -0.406. The standard InChI is InChI=1S/C17H12BrFN6O/c18-15-12-6-21-17(22-10-7-26-8-10)23-16(12)25(24-15)11-4-9-2-1-3-20-14(9)13(19)5-11/h1-6,10H,7-8H2,(H,21,22,23). The Labute approximate surface area is 155 Å². The van der Waals surface area contributed by atoms with E-state index in [-0.39, 0.29) is 6.04 Å². The number of nitrogens with one attached hydrogen (secondary N) is 1. The molecule has 0 saturated carbocycles. The fourth-order valence-corrected chi connectivity index (χ4v) is 3.31. The number of hydrogen-bond donors (Lipinski definition) is 1. The lowest BCUT2D eigenvalue weighted by Gasteiger charge is -2.26. The molecule has 0 spiro atoms. The van der Waals surface area contributed by atoms with E-state index in [1.54, 1.807) is 23.1 Å². The van der Waals surface area contributed by atoms with E-state index in [0.29, 0.717) is 46.0 Å². The molecule has 1 fully saturated rings. The Balaban J connectivity index is 1.66. The molecule has 0 bridgehead atoms. The van der Waals surface area contributed by atoms with Crippen molar-refractivity contribution in [3.8, 4) is 5.69 Å². The van der Waals surface area contributed by atoms with Crippen LogP contribution in [0.1, 0.15) is 0 Å². The van der Waals surface area contributed by atoms with E-state index < -0.39 is 5.82 Å². The van der Waals surface area contributed by atoms with Crippen LogP contribution in [0.25, 0.3) is 27.6 Å². The zero-order chi connectivity index (χ0) is 17.7. The first-order valence-electron chi connectivity index (χ1n) is 7.99. The Bertz CT molecular complexity index is 1140. The molecule has 0 radical (unpaired) electrons. The summed E-state index contributed by atoms with van der Waals surface area (Å²) in [5.74, 6) is 0.0827. The molecule has 1 aromatic carbocycles. The molecule has 7 nitrogen and oxygen atoms in total. The average molecular weight is 415 g/mol. The minimum Gasteiger partial charge on any atom is -0.377 e. The normalized spacial score (nSPS) is 14.7. The molecule has 4 aromatic rings. The summed E-state index contributed by atoms with van der Waals surface area (Å²) in [6, 6.07) is 7.03. The molecule has 1 N–H and O–H groups in total. The van der Waals surface area contributed by atoms with Crippen LogP contribution in [0.2, 0.25) is 0 Å². The molecule has 26 heavy (non-hydrogen) atoms. The van der Waals surface area contributed by atoms with Gasteiger partial charge in [0.15, 0.2) is 11.5 Å². The lowest BCUT2D eigenvalue weighted by Crippen LogP contribution is -2.40. The van der Waals surface area contributed by atoms with Gasteiger partial charge in [-0.25, -0.2) is 14.1 Å². The van der Waals surface area contributed by atoms with Gasteiger partial charge in [-0.05, 0) is 28.1 Å². The van der Waals surface area contributed by atoms with E-state index in [9.17, 15) is 4.39 Å². The summed E-state index contributed by atoms with van der Waals surface area (Å²) >= 11 is 3.43. The van der Waals surface area contributed by atoms with E-state index >= 15 is 0 Å². The fraction of sp³-hybridized carbons (Fsp3) is 0.176. The molecule has 0 atom stereocenters. The smallest absolute Gasteiger partial charge is 0.225 e. The Hall–Kier alpha value is -2.65. The summed E-state index contributed by atoms with van der Waals surface area (Å²) in [7, 11) is 0. The molecular weight excluding hydrogens is 403 g/mol. The number of anilines is 1. The van der Waals surface area contributed by atoms with Crippen LogP contribution in [-0.4, -0.2) is 44.0 Å². The number of aromatic nitrogens is 5. The van der Waals surface area contributed by atoms with Crippen LogP contribution in [0, 0.1) is 5.82 Å². The molecule has 1 aliphatic heterocycles. The van der Waals surface area contributed by atoms with Crippen LogP contribution in [0.15, 0.2) is 41.3 Å². The van der Waals surface area contributed by atoms with Crippen molar-refractivity contribution in [2.45, 2.75) is 6.04 Å². The molecule has 9 heteroatoms. The number of pyridine rings is 1. The maximum absolute atomic E-state index is 14.5. The Morgan fingerprint density at radius 3 is 2.96 bits per heavy atom. The third-order valence-electron chi connectivity index (χ3n) is 4.24. The molecule has 0 unspecified atom stereocenters. The van der Waals surface area contributed by atoms with Crippen molar-refractivity contribution in [3.05, 3.63) is 47.1 Å². The van der Waals surface area contributed by atoms with Crippen molar-refractivity contribution < 1.29 is 9.13 Å². The van der Waals surface area contributed by atoms with Crippen molar-refractivity contribution in [2.75, 3.05) is 18.5 Å². The quantitative estimate of drug-likeness (QED) is 0.554. The summed E-state index contributed by atoms with van der Waals surface area (Å²) in [5.41, 5.74) is 1.47. The first-order valence-corrected chi connectivity index (χ1v) is 8.78. The minimum absolute atomic E-state index is 0.205. The Morgan fingerprint density at radius 1 is 1.27 bits per heavy atom. The zero-order valence-corrected chi connectivity index (χ0v) is 14.9. The first-order chi connectivity index (χ1) is 12.7. The van der Waals surface area contributed by atoms with Gasteiger partial charge in [-0.15, -0.1) is 0 Å².